The maximum Gasteiger partial charge on any atom is 0.387 e. The molecule has 1 unspecified atom stereocenters. The van der Waals surface area contributed by atoms with Gasteiger partial charge in [0.2, 0.25) is 5.91 Å². The van der Waals surface area contributed by atoms with Crippen LogP contribution in [0.2, 0.25) is 0 Å². The predicted molar refractivity (Wildman–Crippen MR) is 72.0 cm³/mol. The lowest BCUT2D eigenvalue weighted by Gasteiger charge is -2.11. The minimum Gasteiger partial charge on any atom is -0.435 e. The highest BCUT2D eigenvalue weighted by molar-refractivity contribution is 5.85. The fourth-order valence-electron chi connectivity index (χ4n) is 1.36. The molecule has 1 aromatic carbocycles. The Morgan fingerprint density at radius 3 is 2.45 bits per heavy atom. The number of ether oxygens (including phenoxy) is 2. The van der Waals surface area contributed by atoms with Crippen molar-refractivity contribution in [1.29, 1.82) is 0 Å². The summed E-state index contributed by atoms with van der Waals surface area (Å²) in [6.07, 6.45) is 0. The second-order valence-corrected chi connectivity index (χ2v) is 3.80. The van der Waals surface area contributed by atoms with E-state index in [1.54, 1.807) is 12.1 Å². The van der Waals surface area contributed by atoms with E-state index in [9.17, 15) is 13.6 Å². The molecular weight excluding hydrogens is 294 g/mol. The smallest absolute Gasteiger partial charge is 0.387 e. The standard InChI is InChI=1S/C12H16F2N2O3.ClH/c1-18-7-10(15)11(17)16-6-8-2-4-9(5-3-8)19-12(13)14;/h2-5,10,12H,6-7,15H2,1H3,(H,16,17);1H. The monoisotopic (exact) mass is 310 g/mol. The van der Waals surface area contributed by atoms with Crippen LogP contribution in [0.3, 0.4) is 0 Å². The third-order valence-electron chi connectivity index (χ3n) is 2.30. The van der Waals surface area contributed by atoms with Crippen LogP contribution in [-0.2, 0) is 16.1 Å². The zero-order valence-electron chi connectivity index (χ0n) is 10.8. The van der Waals surface area contributed by atoms with Gasteiger partial charge in [0, 0.05) is 13.7 Å². The second kappa shape index (κ2) is 9.46. The van der Waals surface area contributed by atoms with E-state index in [0.29, 0.717) is 0 Å². The van der Waals surface area contributed by atoms with Gasteiger partial charge in [0.25, 0.3) is 0 Å². The fraction of sp³-hybridized carbons (Fsp3) is 0.417. The molecule has 0 aromatic heterocycles. The summed E-state index contributed by atoms with van der Waals surface area (Å²) in [4.78, 5) is 11.5. The Bertz CT molecular complexity index is 404. The lowest BCUT2D eigenvalue weighted by molar-refractivity contribution is -0.123. The molecule has 1 atom stereocenters. The number of benzene rings is 1. The highest BCUT2D eigenvalue weighted by Gasteiger charge is 2.12. The summed E-state index contributed by atoms with van der Waals surface area (Å²) in [7, 11) is 1.45. The van der Waals surface area contributed by atoms with Crippen LogP contribution in [0.15, 0.2) is 24.3 Å². The van der Waals surface area contributed by atoms with Crippen molar-refractivity contribution in [2.45, 2.75) is 19.2 Å². The number of rotatable bonds is 7. The van der Waals surface area contributed by atoms with Crippen LogP contribution in [0.4, 0.5) is 8.78 Å². The topological polar surface area (TPSA) is 73.6 Å². The number of methoxy groups -OCH3 is 1. The van der Waals surface area contributed by atoms with E-state index in [4.69, 9.17) is 10.5 Å². The lowest BCUT2D eigenvalue weighted by atomic mass is 10.2. The van der Waals surface area contributed by atoms with Gasteiger partial charge in [0.1, 0.15) is 11.8 Å². The molecule has 0 saturated carbocycles. The van der Waals surface area contributed by atoms with Crippen LogP contribution in [0.1, 0.15) is 5.56 Å². The molecule has 1 amide bonds. The Labute approximate surface area is 121 Å². The van der Waals surface area contributed by atoms with E-state index < -0.39 is 12.7 Å². The number of nitrogens with two attached hydrogens (primary N) is 1. The van der Waals surface area contributed by atoms with E-state index in [1.807, 2.05) is 0 Å². The average molecular weight is 311 g/mol. The molecule has 0 fully saturated rings. The number of amides is 1. The maximum atomic E-state index is 11.9. The molecule has 114 valence electrons. The summed E-state index contributed by atoms with van der Waals surface area (Å²) in [6.45, 7) is -2.46. The molecule has 0 heterocycles. The molecule has 1 aromatic rings. The van der Waals surface area contributed by atoms with Gasteiger partial charge in [-0.1, -0.05) is 12.1 Å². The zero-order valence-corrected chi connectivity index (χ0v) is 11.7. The van der Waals surface area contributed by atoms with E-state index in [0.717, 1.165) is 5.56 Å². The first-order valence-electron chi connectivity index (χ1n) is 5.59. The molecule has 5 nitrogen and oxygen atoms in total. The van der Waals surface area contributed by atoms with Crippen molar-refractivity contribution in [3.8, 4) is 5.75 Å². The summed E-state index contributed by atoms with van der Waals surface area (Å²) >= 11 is 0. The number of alkyl halides is 2. The average Bonchev–Trinajstić information content (AvgIpc) is 2.37. The molecular formula is C12H17ClF2N2O3. The van der Waals surface area contributed by atoms with Crippen LogP contribution in [0.5, 0.6) is 5.75 Å². The van der Waals surface area contributed by atoms with Gasteiger partial charge in [-0.15, -0.1) is 12.4 Å². The van der Waals surface area contributed by atoms with Gasteiger partial charge in [-0.05, 0) is 17.7 Å². The zero-order chi connectivity index (χ0) is 14.3. The third-order valence-corrected chi connectivity index (χ3v) is 2.30. The van der Waals surface area contributed by atoms with Crippen molar-refractivity contribution in [3.05, 3.63) is 29.8 Å². The fourth-order valence-corrected chi connectivity index (χ4v) is 1.36. The Morgan fingerprint density at radius 1 is 1.35 bits per heavy atom. The molecule has 0 aliphatic carbocycles. The summed E-state index contributed by atoms with van der Waals surface area (Å²) in [5.41, 5.74) is 6.28. The number of carbonyl (C=O) groups excluding carboxylic acids is 1. The van der Waals surface area contributed by atoms with E-state index >= 15 is 0 Å². The third kappa shape index (κ3) is 6.65. The minimum absolute atomic E-state index is 0. The largest absolute Gasteiger partial charge is 0.435 e. The van der Waals surface area contributed by atoms with Gasteiger partial charge in [-0.2, -0.15) is 8.78 Å². The highest BCUT2D eigenvalue weighted by atomic mass is 35.5. The molecule has 0 aliphatic rings. The van der Waals surface area contributed by atoms with E-state index in [2.05, 4.69) is 10.1 Å². The normalized spacial score (nSPS) is 11.7. The van der Waals surface area contributed by atoms with Gasteiger partial charge >= 0.3 is 6.61 Å². The molecule has 0 radical (unpaired) electrons. The van der Waals surface area contributed by atoms with Crippen molar-refractivity contribution < 1.29 is 23.0 Å². The number of carbonyl (C=O) groups is 1. The van der Waals surface area contributed by atoms with Gasteiger partial charge in [-0.3, -0.25) is 4.79 Å². The summed E-state index contributed by atoms with van der Waals surface area (Å²) in [5, 5.41) is 2.61. The van der Waals surface area contributed by atoms with Crippen molar-refractivity contribution in [2.24, 2.45) is 5.73 Å². The van der Waals surface area contributed by atoms with Crippen molar-refractivity contribution >= 4 is 18.3 Å². The van der Waals surface area contributed by atoms with Crippen molar-refractivity contribution in [2.75, 3.05) is 13.7 Å². The molecule has 0 bridgehead atoms. The molecule has 0 spiro atoms. The first-order valence-corrected chi connectivity index (χ1v) is 5.59. The summed E-state index contributed by atoms with van der Waals surface area (Å²) in [6, 6.07) is 5.25. The summed E-state index contributed by atoms with van der Waals surface area (Å²) < 4.78 is 32.8. The van der Waals surface area contributed by atoms with Crippen LogP contribution >= 0.6 is 12.4 Å². The number of hydrogen-bond donors (Lipinski definition) is 2. The molecule has 3 N–H and O–H groups in total. The van der Waals surface area contributed by atoms with E-state index in [-0.39, 0.29) is 37.2 Å². The summed E-state index contributed by atoms with van der Waals surface area (Å²) in [5.74, 6) is -0.268. The maximum absolute atomic E-state index is 11.9. The highest BCUT2D eigenvalue weighted by Crippen LogP contribution is 2.14. The molecule has 8 heteroatoms. The van der Waals surface area contributed by atoms with Crippen LogP contribution in [0, 0.1) is 0 Å². The lowest BCUT2D eigenvalue weighted by Crippen LogP contribution is -2.43. The quantitative estimate of drug-likeness (QED) is 0.796. The van der Waals surface area contributed by atoms with Gasteiger partial charge in [-0.25, -0.2) is 0 Å². The van der Waals surface area contributed by atoms with E-state index in [1.165, 1.54) is 19.2 Å². The van der Waals surface area contributed by atoms with Crippen LogP contribution < -0.4 is 15.8 Å². The van der Waals surface area contributed by atoms with Crippen LogP contribution in [0.25, 0.3) is 0 Å². The van der Waals surface area contributed by atoms with Crippen molar-refractivity contribution in [1.82, 2.24) is 5.32 Å². The Morgan fingerprint density at radius 2 is 1.95 bits per heavy atom. The van der Waals surface area contributed by atoms with Crippen molar-refractivity contribution in [3.63, 3.8) is 0 Å². The van der Waals surface area contributed by atoms with Gasteiger partial charge in [0.15, 0.2) is 0 Å². The molecule has 20 heavy (non-hydrogen) atoms. The predicted octanol–water partition coefficient (Wildman–Crippen LogP) is 1.30. The molecule has 0 aliphatic heterocycles. The number of nitrogens with one attached hydrogen (secondary N) is 1. The van der Waals surface area contributed by atoms with Gasteiger partial charge in [0.05, 0.1) is 6.61 Å². The molecule has 1 rings (SSSR count). The first-order chi connectivity index (χ1) is 9.02. The Kier molecular flexibility index (Phi) is 8.78. The number of halogens is 3. The second-order valence-electron chi connectivity index (χ2n) is 3.80. The van der Waals surface area contributed by atoms with Crippen LogP contribution in [-0.4, -0.2) is 32.3 Å². The Balaban J connectivity index is 0.00000361. The SMILES string of the molecule is COCC(N)C(=O)NCc1ccc(OC(F)F)cc1.Cl. The Hall–Kier alpha value is -1.44. The first kappa shape index (κ1) is 18.6. The molecule has 0 saturated heterocycles. The van der Waals surface area contributed by atoms with Gasteiger partial charge < -0.3 is 20.5 Å². The minimum atomic E-state index is -2.85. The number of hydrogen-bond acceptors (Lipinski definition) is 4.